The number of benzene rings is 1. The van der Waals surface area contributed by atoms with E-state index in [-0.39, 0.29) is 11.8 Å². The number of amides is 2. The van der Waals surface area contributed by atoms with Crippen LogP contribution in [0.2, 0.25) is 0 Å². The number of likely N-dealkylation sites (tertiary alicyclic amines) is 4. The van der Waals surface area contributed by atoms with Crippen LogP contribution in [-0.4, -0.2) is 95.9 Å². The molecule has 1 aromatic carbocycles. The highest BCUT2D eigenvalue weighted by atomic mass is 16.2. The second-order valence-corrected chi connectivity index (χ2v) is 10.9. The van der Waals surface area contributed by atoms with Crippen molar-refractivity contribution in [1.82, 2.24) is 19.6 Å². The van der Waals surface area contributed by atoms with Crippen molar-refractivity contribution in [3.05, 3.63) is 35.4 Å². The first-order valence-corrected chi connectivity index (χ1v) is 14.8. The number of piperidine rings is 2. The third-order valence-corrected chi connectivity index (χ3v) is 8.93. The SMILES string of the molecule is CC.CCC1CCN(C2CCN(C(=O)c3cccc(C(=O)N4CCC(N5CCCC5)CC4)c3)CC2)C1. The maximum atomic E-state index is 13.2. The van der Waals surface area contributed by atoms with Gasteiger partial charge in [0.2, 0.25) is 0 Å². The topological polar surface area (TPSA) is 47.1 Å². The molecule has 0 bridgehead atoms. The van der Waals surface area contributed by atoms with Gasteiger partial charge in [-0.1, -0.05) is 33.3 Å². The summed E-state index contributed by atoms with van der Waals surface area (Å²) in [5.74, 6) is 1.01. The Kier molecular flexibility index (Phi) is 9.83. The molecule has 200 valence electrons. The lowest BCUT2D eigenvalue weighted by Gasteiger charge is -2.37. The predicted octanol–water partition coefficient (Wildman–Crippen LogP) is 4.75. The molecule has 0 N–H and O–H groups in total. The molecule has 5 rings (SSSR count). The maximum Gasteiger partial charge on any atom is 0.253 e. The molecule has 0 saturated carbocycles. The van der Waals surface area contributed by atoms with E-state index >= 15 is 0 Å². The normalized spacial score (nSPS) is 24.6. The van der Waals surface area contributed by atoms with E-state index in [1.165, 1.54) is 51.9 Å². The third kappa shape index (κ3) is 6.31. The van der Waals surface area contributed by atoms with Gasteiger partial charge in [0.1, 0.15) is 0 Å². The minimum atomic E-state index is 0.0766. The molecule has 6 nitrogen and oxygen atoms in total. The van der Waals surface area contributed by atoms with Crippen molar-refractivity contribution in [3.63, 3.8) is 0 Å². The third-order valence-electron chi connectivity index (χ3n) is 8.93. The lowest BCUT2D eigenvalue weighted by atomic mass is 10.0. The Labute approximate surface area is 219 Å². The summed E-state index contributed by atoms with van der Waals surface area (Å²) < 4.78 is 0. The van der Waals surface area contributed by atoms with Crippen LogP contribution in [0.3, 0.4) is 0 Å². The van der Waals surface area contributed by atoms with E-state index in [0.717, 1.165) is 57.8 Å². The average Bonchev–Trinajstić information content (AvgIpc) is 3.67. The number of carbonyl (C=O) groups excluding carboxylic acids is 2. The lowest BCUT2D eigenvalue weighted by Crippen LogP contribution is -2.46. The number of hydrogen-bond donors (Lipinski definition) is 0. The summed E-state index contributed by atoms with van der Waals surface area (Å²) in [5, 5.41) is 0. The fourth-order valence-corrected chi connectivity index (χ4v) is 6.65. The Morgan fingerprint density at radius 2 is 1.22 bits per heavy atom. The van der Waals surface area contributed by atoms with E-state index in [1.807, 2.05) is 47.9 Å². The van der Waals surface area contributed by atoms with E-state index < -0.39 is 0 Å². The highest BCUT2D eigenvalue weighted by molar-refractivity contribution is 5.99. The summed E-state index contributed by atoms with van der Waals surface area (Å²) >= 11 is 0. The molecule has 4 aliphatic rings. The first-order valence-electron chi connectivity index (χ1n) is 14.8. The van der Waals surface area contributed by atoms with Crippen molar-refractivity contribution in [1.29, 1.82) is 0 Å². The van der Waals surface area contributed by atoms with Crippen LogP contribution in [0.1, 0.15) is 92.9 Å². The summed E-state index contributed by atoms with van der Waals surface area (Å²) in [6.07, 6.45) is 9.49. The summed E-state index contributed by atoms with van der Waals surface area (Å²) in [5.41, 5.74) is 1.31. The molecule has 2 amide bonds. The summed E-state index contributed by atoms with van der Waals surface area (Å²) in [7, 11) is 0. The van der Waals surface area contributed by atoms with Crippen molar-refractivity contribution in [3.8, 4) is 0 Å². The Morgan fingerprint density at radius 1 is 0.722 bits per heavy atom. The molecule has 1 aromatic rings. The molecule has 6 heteroatoms. The lowest BCUT2D eigenvalue weighted by molar-refractivity contribution is 0.0640. The molecule has 36 heavy (non-hydrogen) atoms. The van der Waals surface area contributed by atoms with Crippen LogP contribution in [-0.2, 0) is 0 Å². The van der Waals surface area contributed by atoms with Crippen LogP contribution in [0.5, 0.6) is 0 Å². The Morgan fingerprint density at radius 3 is 1.69 bits per heavy atom. The number of rotatable bonds is 5. The maximum absolute atomic E-state index is 13.2. The molecule has 0 radical (unpaired) electrons. The van der Waals surface area contributed by atoms with Gasteiger partial charge in [0, 0.05) is 55.9 Å². The van der Waals surface area contributed by atoms with E-state index in [4.69, 9.17) is 0 Å². The molecule has 1 unspecified atom stereocenters. The van der Waals surface area contributed by atoms with Crippen LogP contribution >= 0.6 is 0 Å². The Balaban J connectivity index is 0.00000148. The van der Waals surface area contributed by atoms with Gasteiger partial charge in [0.15, 0.2) is 0 Å². The zero-order valence-corrected chi connectivity index (χ0v) is 23.0. The standard InChI is InChI=1S/C28H42N4O2.C2H6/c1-2-22-8-15-32(21-22)26-11-18-31(19-12-26)28(34)24-7-5-6-23(20-24)27(33)30-16-9-25(10-17-30)29-13-3-4-14-29;1-2/h5-7,20,22,25-26H,2-4,8-19,21H2,1H3;1-2H3. The second-order valence-electron chi connectivity index (χ2n) is 10.9. The van der Waals surface area contributed by atoms with Gasteiger partial charge in [-0.05, 0) is 88.7 Å². The van der Waals surface area contributed by atoms with E-state index in [2.05, 4.69) is 16.7 Å². The first-order chi connectivity index (χ1) is 17.6. The highest BCUT2D eigenvalue weighted by Gasteiger charge is 2.32. The summed E-state index contributed by atoms with van der Waals surface area (Å²) in [6, 6.07) is 8.70. The molecule has 4 heterocycles. The van der Waals surface area contributed by atoms with Gasteiger partial charge < -0.3 is 14.7 Å². The van der Waals surface area contributed by atoms with Crippen LogP contribution in [0, 0.1) is 5.92 Å². The van der Waals surface area contributed by atoms with Gasteiger partial charge in [-0.25, -0.2) is 0 Å². The van der Waals surface area contributed by atoms with Gasteiger partial charge >= 0.3 is 0 Å². The van der Waals surface area contributed by atoms with Crippen molar-refractivity contribution in [2.24, 2.45) is 5.92 Å². The predicted molar refractivity (Wildman–Crippen MR) is 146 cm³/mol. The smallest absolute Gasteiger partial charge is 0.253 e. The summed E-state index contributed by atoms with van der Waals surface area (Å²) in [6.45, 7) is 14.5. The van der Waals surface area contributed by atoms with Gasteiger partial charge in [-0.2, -0.15) is 0 Å². The second kappa shape index (κ2) is 13.0. The van der Waals surface area contributed by atoms with Crippen molar-refractivity contribution in [2.45, 2.75) is 84.2 Å². The molecule has 0 spiro atoms. The van der Waals surface area contributed by atoms with Crippen molar-refractivity contribution < 1.29 is 9.59 Å². The largest absolute Gasteiger partial charge is 0.339 e. The fraction of sp³-hybridized carbons (Fsp3) is 0.733. The quantitative estimate of drug-likeness (QED) is 0.590. The zero-order valence-electron chi connectivity index (χ0n) is 23.0. The van der Waals surface area contributed by atoms with Crippen molar-refractivity contribution >= 4 is 11.8 Å². The molecule has 4 fully saturated rings. The van der Waals surface area contributed by atoms with Crippen molar-refractivity contribution in [2.75, 3.05) is 52.4 Å². The average molecular weight is 497 g/mol. The molecule has 0 aliphatic carbocycles. The fourth-order valence-electron chi connectivity index (χ4n) is 6.65. The molecule has 0 aromatic heterocycles. The highest BCUT2D eigenvalue weighted by Crippen LogP contribution is 2.27. The zero-order chi connectivity index (χ0) is 25.5. The summed E-state index contributed by atoms with van der Waals surface area (Å²) in [4.78, 5) is 35.7. The van der Waals surface area contributed by atoms with Gasteiger partial charge in [-0.3, -0.25) is 14.5 Å². The van der Waals surface area contributed by atoms with Crippen LogP contribution in [0.15, 0.2) is 24.3 Å². The van der Waals surface area contributed by atoms with E-state index in [1.54, 1.807) is 0 Å². The molecule has 4 saturated heterocycles. The molecule has 1 atom stereocenters. The van der Waals surface area contributed by atoms with E-state index in [9.17, 15) is 9.59 Å². The number of hydrogen-bond acceptors (Lipinski definition) is 4. The minimum absolute atomic E-state index is 0.0766. The van der Waals surface area contributed by atoms with Crippen LogP contribution in [0.4, 0.5) is 0 Å². The van der Waals surface area contributed by atoms with Gasteiger partial charge in [0.05, 0.1) is 0 Å². The Bertz CT molecular complexity index is 852. The monoisotopic (exact) mass is 496 g/mol. The minimum Gasteiger partial charge on any atom is -0.339 e. The molecular formula is C30H48N4O2. The first kappa shape index (κ1) is 27.1. The van der Waals surface area contributed by atoms with E-state index in [0.29, 0.717) is 23.2 Å². The van der Waals surface area contributed by atoms with Crippen LogP contribution < -0.4 is 0 Å². The number of nitrogens with zero attached hydrogens (tertiary/aromatic N) is 4. The number of carbonyl (C=O) groups is 2. The van der Waals surface area contributed by atoms with Crippen LogP contribution in [0.25, 0.3) is 0 Å². The molecular weight excluding hydrogens is 448 g/mol. The Hall–Kier alpha value is -1.92. The van der Waals surface area contributed by atoms with Gasteiger partial charge in [-0.15, -0.1) is 0 Å². The molecule has 4 aliphatic heterocycles. The van der Waals surface area contributed by atoms with Gasteiger partial charge in [0.25, 0.3) is 11.8 Å².